The number of benzene rings is 2. The Hall–Kier alpha value is -2.45. The van der Waals surface area contributed by atoms with Gasteiger partial charge in [-0.25, -0.2) is 17.6 Å². The molecule has 0 N–H and O–H groups in total. The van der Waals surface area contributed by atoms with Gasteiger partial charge in [-0.05, 0) is 17.7 Å². The molecule has 0 aromatic heterocycles. The fraction of sp³-hybridized carbons (Fsp3) is 0.316. The van der Waals surface area contributed by atoms with Crippen LogP contribution in [-0.2, 0) is 21.2 Å². The van der Waals surface area contributed by atoms with E-state index >= 15 is 0 Å². The number of carbonyl (C=O) groups excluding carboxylic acids is 1. The predicted molar refractivity (Wildman–Crippen MR) is 96.1 cm³/mol. The van der Waals surface area contributed by atoms with Crippen LogP contribution in [0.4, 0.5) is 9.18 Å². The first kappa shape index (κ1) is 17.9. The number of amides is 1. The van der Waals surface area contributed by atoms with Crippen LogP contribution in [0.5, 0.6) is 0 Å². The SMILES string of the molecule is O=C1OCC2(Cc3ccccc3)CN(S(=O)(=O)c3ccccc3F)CCN12. The summed E-state index contributed by atoms with van der Waals surface area (Å²) >= 11 is 0. The van der Waals surface area contributed by atoms with Crippen molar-refractivity contribution in [3.8, 4) is 0 Å². The van der Waals surface area contributed by atoms with E-state index in [-0.39, 0.29) is 31.1 Å². The summed E-state index contributed by atoms with van der Waals surface area (Å²) in [5.74, 6) is -0.782. The van der Waals surface area contributed by atoms with Gasteiger partial charge in [0.15, 0.2) is 0 Å². The molecule has 0 spiro atoms. The van der Waals surface area contributed by atoms with Crippen LogP contribution in [0.3, 0.4) is 0 Å². The Morgan fingerprint density at radius 1 is 1.04 bits per heavy atom. The van der Waals surface area contributed by atoms with Crippen LogP contribution < -0.4 is 0 Å². The molecule has 0 radical (unpaired) electrons. The first-order valence-corrected chi connectivity index (χ1v) is 10.1. The van der Waals surface area contributed by atoms with Crippen molar-refractivity contribution in [1.82, 2.24) is 9.21 Å². The number of cyclic esters (lactones) is 1. The lowest BCUT2D eigenvalue weighted by Gasteiger charge is -2.44. The minimum absolute atomic E-state index is 0.0598. The van der Waals surface area contributed by atoms with Crippen LogP contribution in [-0.4, -0.2) is 55.5 Å². The smallest absolute Gasteiger partial charge is 0.410 e. The summed E-state index contributed by atoms with van der Waals surface area (Å²) < 4.78 is 46.7. The number of carbonyl (C=O) groups is 1. The molecule has 27 heavy (non-hydrogen) atoms. The largest absolute Gasteiger partial charge is 0.447 e. The van der Waals surface area contributed by atoms with Gasteiger partial charge in [0.25, 0.3) is 0 Å². The van der Waals surface area contributed by atoms with Crippen LogP contribution >= 0.6 is 0 Å². The van der Waals surface area contributed by atoms with Crippen LogP contribution in [0, 0.1) is 5.82 Å². The van der Waals surface area contributed by atoms with E-state index in [2.05, 4.69) is 0 Å². The van der Waals surface area contributed by atoms with Gasteiger partial charge in [-0.1, -0.05) is 42.5 Å². The second-order valence-electron chi connectivity index (χ2n) is 6.86. The van der Waals surface area contributed by atoms with Crippen molar-refractivity contribution in [3.05, 3.63) is 66.0 Å². The molecule has 0 bridgehead atoms. The number of sulfonamides is 1. The number of piperazine rings is 1. The third-order valence-corrected chi connectivity index (χ3v) is 7.01. The highest BCUT2D eigenvalue weighted by Crippen LogP contribution is 2.34. The maximum Gasteiger partial charge on any atom is 0.410 e. The van der Waals surface area contributed by atoms with Gasteiger partial charge in [0.1, 0.15) is 17.3 Å². The highest BCUT2D eigenvalue weighted by atomic mass is 32.2. The molecule has 2 aromatic rings. The highest BCUT2D eigenvalue weighted by Gasteiger charge is 2.52. The number of hydrogen-bond acceptors (Lipinski definition) is 4. The number of halogens is 1. The van der Waals surface area contributed by atoms with Crippen molar-refractivity contribution in [2.75, 3.05) is 26.2 Å². The Morgan fingerprint density at radius 3 is 2.48 bits per heavy atom. The summed E-state index contributed by atoms with van der Waals surface area (Å²) in [7, 11) is -4.01. The lowest BCUT2D eigenvalue weighted by Crippen LogP contribution is -2.63. The maximum absolute atomic E-state index is 14.1. The molecule has 8 heteroatoms. The third kappa shape index (κ3) is 3.08. The van der Waals surface area contributed by atoms with E-state index in [0.29, 0.717) is 6.42 Å². The lowest BCUT2D eigenvalue weighted by atomic mass is 9.89. The molecule has 0 aliphatic carbocycles. The zero-order valence-electron chi connectivity index (χ0n) is 14.5. The van der Waals surface area contributed by atoms with E-state index in [0.717, 1.165) is 11.6 Å². The number of rotatable bonds is 4. The first-order chi connectivity index (χ1) is 12.9. The minimum atomic E-state index is -4.01. The molecule has 2 aliphatic rings. The highest BCUT2D eigenvalue weighted by molar-refractivity contribution is 7.89. The van der Waals surface area contributed by atoms with E-state index in [1.54, 1.807) is 4.90 Å². The Labute approximate surface area is 157 Å². The van der Waals surface area contributed by atoms with Crippen molar-refractivity contribution in [2.45, 2.75) is 16.9 Å². The molecule has 2 aromatic carbocycles. The summed E-state index contributed by atoms with van der Waals surface area (Å²) in [6.07, 6.45) is 0.0250. The van der Waals surface area contributed by atoms with Gasteiger partial charge < -0.3 is 4.74 Å². The topological polar surface area (TPSA) is 66.9 Å². The fourth-order valence-electron chi connectivity index (χ4n) is 3.80. The molecule has 1 amide bonds. The lowest BCUT2D eigenvalue weighted by molar-refractivity contribution is 0.0916. The van der Waals surface area contributed by atoms with E-state index < -0.39 is 27.5 Å². The summed E-state index contributed by atoms with van der Waals surface area (Å²) in [6, 6.07) is 14.9. The molecule has 6 nitrogen and oxygen atoms in total. The van der Waals surface area contributed by atoms with E-state index in [4.69, 9.17) is 4.74 Å². The average Bonchev–Trinajstić information content (AvgIpc) is 2.99. The molecule has 142 valence electrons. The Bertz CT molecular complexity index is 967. The average molecular weight is 390 g/mol. The van der Waals surface area contributed by atoms with Crippen molar-refractivity contribution < 1.29 is 22.3 Å². The number of hydrogen-bond donors (Lipinski definition) is 0. The fourth-order valence-corrected chi connectivity index (χ4v) is 5.38. The molecular formula is C19H19FN2O4S. The molecule has 4 rings (SSSR count). The van der Waals surface area contributed by atoms with E-state index in [1.807, 2.05) is 30.3 Å². The van der Waals surface area contributed by atoms with Crippen molar-refractivity contribution in [1.29, 1.82) is 0 Å². The second-order valence-corrected chi connectivity index (χ2v) is 8.77. The third-order valence-electron chi connectivity index (χ3n) is 5.13. The second kappa shape index (κ2) is 6.61. The maximum atomic E-state index is 14.1. The van der Waals surface area contributed by atoms with Gasteiger partial charge in [0, 0.05) is 26.1 Å². The Kier molecular flexibility index (Phi) is 4.39. The van der Waals surface area contributed by atoms with E-state index in [1.165, 1.54) is 22.5 Å². The normalized spacial score (nSPS) is 23.1. The molecule has 2 aliphatic heterocycles. The molecule has 0 saturated carbocycles. The standard InChI is InChI=1S/C19H19FN2O4S/c20-16-8-4-5-9-17(16)27(24,25)21-10-11-22-18(23)26-14-19(22,13-21)12-15-6-2-1-3-7-15/h1-9H,10-14H2. The van der Waals surface area contributed by atoms with Crippen LogP contribution in [0.15, 0.2) is 59.5 Å². The van der Waals surface area contributed by atoms with Gasteiger partial charge in [-0.3, -0.25) is 4.90 Å². The van der Waals surface area contributed by atoms with Gasteiger partial charge in [-0.15, -0.1) is 0 Å². The van der Waals surface area contributed by atoms with Crippen LogP contribution in [0.1, 0.15) is 5.56 Å². The molecule has 2 heterocycles. The van der Waals surface area contributed by atoms with Gasteiger partial charge >= 0.3 is 6.09 Å². The van der Waals surface area contributed by atoms with Crippen LogP contribution in [0.2, 0.25) is 0 Å². The molecule has 2 fully saturated rings. The monoisotopic (exact) mass is 390 g/mol. The summed E-state index contributed by atoms with van der Waals surface area (Å²) in [6.45, 7) is 0.468. The zero-order chi connectivity index (χ0) is 19.1. The molecule has 1 unspecified atom stereocenters. The van der Waals surface area contributed by atoms with Crippen LogP contribution in [0.25, 0.3) is 0 Å². The quantitative estimate of drug-likeness (QED) is 0.803. The number of ether oxygens (including phenoxy) is 1. The van der Waals surface area contributed by atoms with Crippen molar-refractivity contribution in [2.24, 2.45) is 0 Å². The Morgan fingerprint density at radius 2 is 1.74 bits per heavy atom. The minimum Gasteiger partial charge on any atom is -0.447 e. The zero-order valence-corrected chi connectivity index (χ0v) is 15.4. The molecule has 2 saturated heterocycles. The summed E-state index contributed by atoms with van der Waals surface area (Å²) in [5, 5.41) is 0. The van der Waals surface area contributed by atoms with E-state index in [9.17, 15) is 17.6 Å². The number of nitrogens with zero attached hydrogens (tertiary/aromatic N) is 2. The molecule has 1 atom stereocenters. The van der Waals surface area contributed by atoms with Crippen molar-refractivity contribution in [3.63, 3.8) is 0 Å². The molecular weight excluding hydrogens is 371 g/mol. The van der Waals surface area contributed by atoms with Gasteiger partial charge in [0.05, 0.1) is 5.54 Å². The predicted octanol–water partition coefficient (Wildman–Crippen LogP) is 2.26. The summed E-state index contributed by atoms with van der Waals surface area (Å²) in [5.41, 5.74) is 0.181. The van der Waals surface area contributed by atoms with Gasteiger partial charge in [0.2, 0.25) is 10.0 Å². The van der Waals surface area contributed by atoms with Gasteiger partial charge in [-0.2, -0.15) is 4.31 Å². The summed E-state index contributed by atoms with van der Waals surface area (Å²) in [4.78, 5) is 13.4. The Balaban J connectivity index is 1.68. The number of fused-ring (bicyclic) bond motifs is 1. The van der Waals surface area contributed by atoms with Crippen molar-refractivity contribution >= 4 is 16.1 Å². The first-order valence-electron chi connectivity index (χ1n) is 8.65.